The summed E-state index contributed by atoms with van der Waals surface area (Å²) in [4.78, 5) is 3.31. The van der Waals surface area contributed by atoms with Gasteiger partial charge in [0.2, 0.25) is 0 Å². The summed E-state index contributed by atoms with van der Waals surface area (Å²) in [5.41, 5.74) is -0.767. The Labute approximate surface area is 87.8 Å². The summed E-state index contributed by atoms with van der Waals surface area (Å²) in [5, 5.41) is 0.513. The van der Waals surface area contributed by atoms with Crippen molar-refractivity contribution in [2.45, 2.75) is 6.18 Å². The van der Waals surface area contributed by atoms with Gasteiger partial charge in [0.25, 0.3) is 0 Å². The van der Waals surface area contributed by atoms with E-state index in [0.29, 0.717) is 5.33 Å². The van der Waals surface area contributed by atoms with Crippen LogP contribution >= 0.6 is 15.9 Å². The summed E-state index contributed by atoms with van der Waals surface area (Å²) in [6.07, 6.45) is -0.279. The second kappa shape index (κ2) is 4.59. The van der Waals surface area contributed by atoms with E-state index in [1.165, 1.54) is 18.2 Å². The number of hydrogen-bond donors (Lipinski definition) is 0. The highest BCUT2D eigenvalue weighted by Gasteiger charge is 2.34. The molecular formula is C9H7BrF3N. The highest BCUT2D eigenvalue weighted by atomic mass is 79.9. The highest BCUT2D eigenvalue weighted by Crippen LogP contribution is 2.30. The van der Waals surface area contributed by atoms with Gasteiger partial charge in [-0.2, -0.15) is 13.2 Å². The molecule has 0 N–H and O–H groups in total. The van der Waals surface area contributed by atoms with Gasteiger partial charge in [0.05, 0.1) is 0 Å². The van der Waals surface area contributed by atoms with Crippen LogP contribution in [0.4, 0.5) is 13.2 Å². The van der Waals surface area contributed by atoms with Crippen LogP contribution in [0.1, 0.15) is 11.3 Å². The molecule has 0 fully saturated rings. The van der Waals surface area contributed by atoms with Gasteiger partial charge in [0, 0.05) is 17.1 Å². The minimum Gasteiger partial charge on any atom is -0.251 e. The molecule has 1 rings (SSSR count). The zero-order valence-corrected chi connectivity index (χ0v) is 8.64. The topological polar surface area (TPSA) is 12.9 Å². The van der Waals surface area contributed by atoms with Gasteiger partial charge in [-0.15, -0.1) is 0 Å². The van der Waals surface area contributed by atoms with E-state index in [1.54, 1.807) is 6.08 Å². The van der Waals surface area contributed by atoms with Gasteiger partial charge in [-0.05, 0) is 6.07 Å². The Morgan fingerprint density at radius 1 is 1.43 bits per heavy atom. The average Bonchev–Trinajstić information content (AvgIpc) is 2.14. The fraction of sp³-hybridized carbons (Fsp3) is 0.222. The number of allylic oxidation sites excluding steroid dienone is 1. The zero-order valence-electron chi connectivity index (χ0n) is 7.05. The standard InChI is InChI=1S/C9H7BrF3N/c10-5-1-3-7-4-2-6-14-8(7)9(11,12)13/h1-4,6H,5H2. The van der Waals surface area contributed by atoms with Crippen LogP contribution in [0, 0.1) is 0 Å². The van der Waals surface area contributed by atoms with Gasteiger partial charge in [-0.3, -0.25) is 4.98 Å². The lowest BCUT2D eigenvalue weighted by Crippen LogP contribution is -2.09. The van der Waals surface area contributed by atoms with E-state index in [9.17, 15) is 13.2 Å². The minimum absolute atomic E-state index is 0.0828. The molecule has 0 bridgehead atoms. The first-order chi connectivity index (χ1) is 6.55. The minimum atomic E-state index is -4.40. The van der Waals surface area contributed by atoms with Gasteiger partial charge < -0.3 is 0 Å². The predicted octanol–water partition coefficient (Wildman–Crippen LogP) is 3.51. The van der Waals surface area contributed by atoms with E-state index in [4.69, 9.17) is 0 Å². The number of alkyl halides is 4. The maximum Gasteiger partial charge on any atom is 0.433 e. The summed E-state index contributed by atoms with van der Waals surface area (Å²) in [6, 6.07) is 2.86. The Morgan fingerprint density at radius 3 is 2.71 bits per heavy atom. The zero-order chi connectivity index (χ0) is 10.6. The molecule has 14 heavy (non-hydrogen) atoms. The van der Waals surface area contributed by atoms with Crippen LogP contribution in [-0.2, 0) is 6.18 Å². The van der Waals surface area contributed by atoms with Crippen molar-refractivity contribution in [1.29, 1.82) is 0 Å². The lowest BCUT2D eigenvalue weighted by Gasteiger charge is -2.07. The van der Waals surface area contributed by atoms with E-state index in [1.807, 2.05) is 0 Å². The van der Waals surface area contributed by atoms with Gasteiger partial charge in [-0.1, -0.05) is 34.1 Å². The molecule has 0 aliphatic carbocycles. The number of pyridine rings is 1. The summed E-state index contributed by atoms with van der Waals surface area (Å²) >= 11 is 3.09. The van der Waals surface area contributed by atoms with Crippen molar-refractivity contribution in [3.05, 3.63) is 35.7 Å². The maximum absolute atomic E-state index is 12.4. The van der Waals surface area contributed by atoms with Crippen LogP contribution in [0.3, 0.4) is 0 Å². The number of halogens is 4. The molecule has 0 amide bonds. The molecule has 0 atom stereocenters. The Balaban J connectivity index is 3.10. The summed E-state index contributed by atoms with van der Waals surface area (Å²) in [7, 11) is 0. The van der Waals surface area contributed by atoms with Crippen molar-refractivity contribution in [1.82, 2.24) is 4.98 Å². The number of hydrogen-bond acceptors (Lipinski definition) is 1. The second-order valence-electron chi connectivity index (χ2n) is 2.50. The Morgan fingerprint density at radius 2 is 2.14 bits per heavy atom. The molecule has 0 saturated heterocycles. The fourth-order valence-electron chi connectivity index (χ4n) is 0.961. The van der Waals surface area contributed by atoms with E-state index in [2.05, 4.69) is 20.9 Å². The summed E-state index contributed by atoms with van der Waals surface area (Å²) in [5.74, 6) is 0. The van der Waals surface area contributed by atoms with Crippen LogP contribution < -0.4 is 0 Å². The molecule has 0 radical (unpaired) electrons. The molecule has 1 heterocycles. The lowest BCUT2D eigenvalue weighted by molar-refractivity contribution is -0.141. The summed E-state index contributed by atoms with van der Waals surface area (Å²) in [6.45, 7) is 0. The van der Waals surface area contributed by atoms with Crippen molar-refractivity contribution in [2.75, 3.05) is 5.33 Å². The number of nitrogens with zero attached hydrogens (tertiary/aromatic N) is 1. The SMILES string of the molecule is FC(F)(F)c1ncccc1C=CCBr. The normalized spacial score (nSPS) is 12.3. The maximum atomic E-state index is 12.4. The highest BCUT2D eigenvalue weighted by molar-refractivity contribution is 9.09. The molecule has 0 saturated carbocycles. The third-order valence-corrected chi connectivity index (χ3v) is 1.87. The first-order valence-electron chi connectivity index (χ1n) is 3.80. The Kier molecular flexibility index (Phi) is 3.69. The van der Waals surface area contributed by atoms with Gasteiger partial charge >= 0.3 is 6.18 Å². The third kappa shape index (κ3) is 2.83. The Hall–Kier alpha value is -0.840. The molecule has 0 aromatic carbocycles. The lowest BCUT2D eigenvalue weighted by atomic mass is 10.2. The fourth-order valence-corrected chi connectivity index (χ4v) is 1.15. The number of aromatic nitrogens is 1. The molecule has 0 unspecified atom stereocenters. The molecule has 0 aliphatic rings. The van der Waals surface area contributed by atoms with Crippen LogP contribution in [-0.4, -0.2) is 10.3 Å². The Bertz CT molecular complexity index is 333. The first-order valence-corrected chi connectivity index (χ1v) is 4.92. The van der Waals surface area contributed by atoms with Crippen LogP contribution in [0.5, 0.6) is 0 Å². The monoisotopic (exact) mass is 265 g/mol. The van der Waals surface area contributed by atoms with Crippen molar-refractivity contribution in [3.8, 4) is 0 Å². The molecule has 1 nitrogen and oxygen atoms in total. The second-order valence-corrected chi connectivity index (χ2v) is 3.14. The smallest absolute Gasteiger partial charge is 0.251 e. The van der Waals surface area contributed by atoms with Crippen LogP contribution in [0.15, 0.2) is 24.4 Å². The number of rotatable bonds is 2. The third-order valence-electron chi connectivity index (χ3n) is 1.49. The van der Waals surface area contributed by atoms with Gasteiger partial charge in [0.1, 0.15) is 0 Å². The van der Waals surface area contributed by atoms with Crippen molar-refractivity contribution in [3.63, 3.8) is 0 Å². The van der Waals surface area contributed by atoms with Crippen LogP contribution in [0.25, 0.3) is 6.08 Å². The van der Waals surface area contributed by atoms with Crippen molar-refractivity contribution in [2.24, 2.45) is 0 Å². The molecular weight excluding hydrogens is 259 g/mol. The molecule has 0 spiro atoms. The van der Waals surface area contributed by atoms with E-state index in [0.717, 1.165) is 6.20 Å². The van der Waals surface area contributed by atoms with E-state index < -0.39 is 11.9 Å². The first kappa shape index (κ1) is 11.2. The van der Waals surface area contributed by atoms with Crippen molar-refractivity contribution < 1.29 is 13.2 Å². The van der Waals surface area contributed by atoms with Crippen molar-refractivity contribution >= 4 is 22.0 Å². The molecule has 76 valence electrons. The quantitative estimate of drug-likeness (QED) is 0.746. The summed E-state index contributed by atoms with van der Waals surface area (Å²) < 4.78 is 37.1. The largest absolute Gasteiger partial charge is 0.433 e. The molecule has 1 aromatic rings. The van der Waals surface area contributed by atoms with E-state index >= 15 is 0 Å². The van der Waals surface area contributed by atoms with Gasteiger partial charge in [0.15, 0.2) is 5.69 Å². The molecule has 1 aromatic heterocycles. The van der Waals surface area contributed by atoms with Crippen LogP contribution in [0.2, 0.25) is 0 Å². The molecule has 0 aliphatic heterocycles. The average molecular weight is 266 g/mol. The van der Waals surface area contributed by atoms with E-state index in [-0.39, 0.29) is 5.56 Å². The predicted molar refractivity (Wildman–Crippen MR) is 52.1 cm³/mol. The van der Waals surface area contributed by atoms with Gasteiger partial charge in [-0.25, -0.2) is 0 Å². The molecule has 5 heteroatoms.